The van der Waals surface area contributed by atoms with E-state index in [1.54, 1.807) is 6.07 Å². The average molecular weight is 323 g/mol. The van der Waals surface area contributed by atoms with E-state index in [1.807, 2.05) is 0 Å². The van der Waals surface area contributed by atoms with Crippen LogP contribution in [0.1, 0.15) is 10.4 Å². The predicted octanol–water partition coefficient (Wildman–Crippen LogP) is -1.64. The van der Waals surface area contributed by atoms with Crippen LogP contribution in [0.25, 0.3) is 0 Å². The summed E-state index contributed by atoms with van der Waals surface area (Å²) in [5.41, 5.74) is -0.157. The van der Waals surface area contributed by atoms with Gasteiger partial charge in [0.15, 0.2) is 0 Å². The zero-order valence-electron chi connectivity index (χ0n) is 6.30. The van der Waals surface area contributed by atoms with Gasteiger partial charge >= 0.3 is 68.9 Å². The first-order valence-electron chi connectivity index (χ1n) is 2.78. The van der Waals surface area contributed by atoms with Gasteiger partial charge in [-0.3, -0.25) is 0 Å². The summed E-state index contributed by atoms with van der Waals surface area (Å²) in [5, 5.41) is 10.6. The van der Waals surface area contributed by atoms with Gasteiger partial charge in [0.05, 0.1) is 16.0 Å². The standard InChI is InChI=1S/C7H4Cl2O2.Cs/c8-4-2-1-3-5(9)6(4)7(10)11;/h1-3H,(H,10,11);/q;+1/p-1. The van der Waals surface area contributed by atoms with Crippen molar-refractivity contribution in [2.24, 2.45) is 0 Å². The van der Waals surface area contributed by atoms with Crippen molar-refractivity contribution in [3.8, 4) is 0 Å². The molecule has 0 atom stereocenters. The van der Waals surface area contributed by atoms with E-state index in [1.165, 1.54) is 12.1 Å². The molecule has 1 aromatic rings. The number of carbonyl (C=O) groups excluding carboxylic acids is 1. The molecule has 1 aromatic carbocycles. The van der Waals surface area contributed by atoms with Gasteiger partial charge in [-0.05, 0) is 12.1 Å². The van der Waals surface area contributed by atoms with E-state index in [9.17, 15) is 9.90 Å². The summed E-state index contributed by atoms with van der Waals surface area (Å²) >= 11 is 11.0. The number of rotatable bonds is 1. The summed E-state index contributed by atoms with van der Waals surface area (Å²) < 4.78 is 0. The van der Waals surface area contributed by atoms with E-state index < -0.39 is 5.97 Å². The van der Waals surface area contributed by atoms with Gasteiger partial charge in [-0.2, -0.15) is 0 Å². The Kier molecular flexibility index (Phi) is 6.58. The molecule has 0 bridgehead atoms. The summed E-state index contributed by atoms with van der Waals surface area (Å²) in [7, 11) is 0. The summed E-state index contributed by atoms with van der Waals surface area (Å²) in [6, 6.07) is 4.45. The van der Waals surface area contributed by atoms with E-state index >= 15 is 0 Å². The molecule has 0 amide bonds. The van der Waals surface area contributed by atoms with Crippen LogP contribution in [0.15, 0.2) is 18.2 Å². The molecule has 0 saturated carbocycles. The number of carbonyl (C=O) groups is 1. The van der Waals surface area contributed by atoms with E-state index in [4.69, 9.17) is 23.2 Å². The normalized spacial score (nSPS) is 8.83. The molecule has 2 nitrogen and oxygen atoms in total. The third kappa shape index (κ3) is 3.23. The van der Waals surface area contributed by atoms with Gasteiger partial charge in [0.2, 0.25) is 0 Å². The zero-order chi connectivity index (χ0) is 8.43. The number of carboxylic acids is 1. The van der Waals surface area contributed by atoms with Crippen LogP contribution in [-0.2, 0) is 0 Å². The second-order valence-corrected chi connectivity index (χ2v) is 2.70. The molecule has 0 saturated heterocycles. The van der Waals surface area contributed by atoms with Crippen LogP contribution in [0.4, 0.5) is 0 Å². The van der Waals surface area contributed by atoms with Crippen molar-refractivity contribution < 1.29 is 78.8 Å². The molecule has 12 heavy (non-hydrogen) atoms. The second-order valence-electron chi connectivity index (χ2n) is 1.88. The molecule has 58 valence electrons. The third-order valence-electron chi connectivity index (χ3n) is 1.17. The van der Waals surface area contributed by atoms with Crippen molar-refractivity contribution >= 4 is 29.2 Å². The van der Waals surface area contributed by atoms with Crippen LogP contribution < -0.4 is 74.0 Å². The number of hydrogen-bond donors (Lipinski definition) is 0. The molecule has 0 heterocycles. The summed E-state index contributed by atoms with van der Waals surface area (Å²) in [4.78, 5) is 10.4. The predicted molar refractivity (Wildman–Crippen MR) is 40.8 cm³/mol. The molecule has 0 spiro atoms. The number of aromatic carboxylic acids is 1. The maximum absolute atomic E-state index is 10.4. The Morgan fingerprint density at radius 1 is 1.25 bits per heavy atom. The van der Waals surface area contributed by atoms with E-state index in [-0.39, 0.29) is 84.5 Å². The monoisotopic (exact) mass is 322 g/mol. The molecule has 0 radical (unpaired) electrons. The minimum atomic E-state index is -1.36. The van der Waals surface area contributed by atoms with Crippen molar-refractivity contribution in [1.82, 2.24) is 0 Å². The first-order chi connectivity index (χ1) is 5.13. The molecule has 0 aliphatic rings. The molecule has 5 heteroatoms. The number of carboxylic acid groups (broad SMARTS) is 1. The molecular weight excluding hydrogens is 320 g/mol. The minimum Gasteiger partial charge on any atom is -0.545 e. The van der Waals surface area contributed by atoms with Gasteiger partial charge in [0.25, 0.3) is 0 Å². The van der Waals surface area contributed by atoms with Crippen LogP contribution in [0, 0.1) is 0 Å². The first-order valence-corrected chi connectivity index (χ1v) is 3.54. The van der Waals surface area contributed by atoms with Crippen LogP contribution in [-0.4, -0.2) is 5.97 Å². The average Bonchev–Trinajstić information content (AvgIpc) is 1.85. The van der Waals surface area contributed by atoms with Crippen molar-refractivity contribution in [1.29, 1.82) is 0 Å². The molecule has 0 aliphatic carbocycles. The number of benzene rings is 1. The van der Waals surface area contributed by atoms with Crippen molar-refractivity contribution in [3.05, 3.63) is 33.8 Å². The molecule has 0 unspecified atom stereocenters. The molecular formula is C7H3Cl2CsO2. The zero-order valence-corrected chi connectivity index (χ0v) is 14.1. The number of hydrogen-bond acceptors (Lipinski definition) is 2. The fourth-order valence-corrected chi connectivity index (χ4v) is 1.24. The third-order valence-corrected chi connectivity index (χ3v) is 1.80. The summed E-state index contributed by atoms with van der Waals surface area (Å²) in [6.07, 6.45) is 0. The molecule has 0 fully saturated rings. The van der Waals surface area contributed by atoms with E-state index in [0.717, 1.165) is 0 Å². The SMILES string of the molecule is O=C([O-])c1c(Cl)cccc1Cl.[Cs+]. The molecule has 0 aliphatic heterocycles. The maximum Gasteiger partial charge on any atom is 1.00 e. The second kappa shape index (κ2) is 5.93. The van der Waals surface area contributed by atoms with Gasteiger partial charge in [0.1, 0.15) is 0 Å². The minimum absolute atomic E-state index is 0. The molecule has 0 aromatic heterocycles. The fourth-order valence-electron chi connectivity index (χ4n) is 0.693. The Morgan fingerprint density at radius 3 is 1.92 bits per heavy atom. The van der Waals surface area contributed by atoms with Crippen LogP contribution >= 0.6 is 23.2 Å². The fraction of sp³-hybridized carbons (Fsp3) is 0. The van der Waals surface area contributed by atoms with Gasteiger partial charge in [-0.25, -0.2) is 0 Å². The van der Waals surface area contributed by atoms with Crippen LogP contribution in [0.2, 0.25) is 10.0 Å². The van der Waals surface area contributed by atoms with Crippen LogP contribution in [0.3, 0.4) is 0 Å². The van der Waals surface area contributed by atoms with Gasteiger partial charge in [-0.15, -0.1) is 0 Å². The Balaban J connectivity index is 0.00000121. The smallest absolute Gasteiger partial charge is 0.545 e. The largest absolute Gasteiger partial charge is 1.00 e. The maximum atomic E-state index is 10.4. The van der Waals surface area contributed by atoms with E-state index in [2.05, 4.69) is 0 Å². The topological polar surface area (TPSA) is 40.1 Å². The first kappa shape index (κ1) is 13.3. The van der Waals surface area contributed by atoms with Crippen LogP contribution in [0.5, 0.6) is 0 Å². The van der Waals surface area contributed by atoms with Crippen molar-refractivity contribution in [3.63, 3.8) is 0 Å². The van der Waals surface area contributed by atoms with Gasteiger partial charge in [0, 0.05) is 5.56 Å². The molecule has 0 N–H and O–H groups in total. The summed E-state index contributed by atoms with van der Waals surface area (Å²) in [6.45, 7) is 0. The van der Waals surface area contributed by atoms with Gasteiger partial charge in [-0.1, -0.05) is 29.3 Å². The Hall–Kier alpha value is 1.32. The molecule has 1 rings (SSSR count). The quantitative estimate of drug-likeness (QED) is 0.622. The Bertz CT molecular complexity index is 281. The van der Waals surface area contributed by atoms with Crippen molar-refractivity contribution in [2.45, 2.75) is 0 Å². The van der Waals surface area contributed by atoms with Gasteiger partial charge < -0.3 is 9.90 Å². The van der Waals surface area contributed by atoms with E-state index in [0.29, 0.717) is 0 Å². The van der Waals surface area contributed by atoms with Crippen molar-refractivity contribution in [2.75, 3.05) is 0 Å². The summed E-state index contributed by atoms with van der Waals surface area (Å²) in [5.74, 6) is -1.36. The number of halogens is 2. The Morgan fingerprint density at radius 2 is 1.67 bits per heavy atom. The Labute approximate surface area is 139 Å².